The molecule has 0 radical (unpaired) electrons. The highest BCUT2D eigenvalue weighted by atomic mass is 35.5. The second kappa shape index (κ2) is 8.36. The summed E-state index contributed by atoms with van der Waals surface area (Å²) in [4.78, 5) is 23.9. The van der Waals surface area contributed by atoms with Crippen molar-refractivity contribution in [1.29, 1.82) is 0 Å². The van der Waals surface area contributed by atoms with Crippen LogP contribution in [0, 0.1) is 0 Å². The van der Waals surface area contributed by atoms with Gasteiger partial charge in [0, 0.05) is 5.02 Å². The van der Waals surface area contributed by atoms with Gasteiger partial charge in [-0.15, -0.1) is 0 Å². The van der Waals surface area contributed by atoms with E-state index in [0.717, 1.165) is 5.56 Å². The number of carbonyl (C=O) groups excluding carboxylic acids is 2. The molecule has 0 saturated heterocycles. The summed E-state index contributed by atoms with van der Waals surface area (Å²) in [7, 11) is 1.30. The van der Waals surface area contributed by atoms with Gasteiger partial charge in [0.15, 0.2) is 0 Å². The lowest BCUT2D eigenvalue weighted by atomic mass is 10.0. The van der Waals surface area contributed by atoms with Gasteiger partial charge in [-0.2, -0.15) is 0 Å². The Bertz CT molecular complexity index is 715. The molecule has 5 nitrogen and oxygen atoms in total. The van der Waals surface area contributed by atoms with E-state index in [4.69, 9.17) is 16.3 Å². The Labute approximate surface area is 145 Å². The zero-order valence-electron chi connectivity index (χ0n) is 13.2. The van der Waals surface area contributed by atoms with E-state index in [1.54, 1.807) is 36.4 Å². The molecule has 0 heterocycles. The van der Waals surface area contributed by atoms with Crippen LogP contribution in [0.2, 0.25) is 5.02 Å². The molecular weight excluding hydrogens is 330 g/mol. The number of benzene rings is 2. The first kappa shape index (κ1) is 17.8. The van der Waals surface area contributed by atoms with Gasteiger partial charge < -0.3 is 15.2 Å². The highest BCUT2D eigenvalue weighted by Crippen LogP contribution is 2.20. The summed E-state index contributed by atoms with van der Waals surface area (Å²) in [5.41, 5.74) is 1.44. The number of methoxy groups -OCH3 is 1. The molecule has 0 spiro atoms. The molecule has 24 heavy (non-hydrogen) atoms. The monoisotopic (exact) mass is 347 g/mol. The second-order valence-electron chi connectivity index (χ2n) is 5.30. The van der Waals surface area contributed by atoms with Crippen LogP contribution in [0.1, 0.15) is 23.6 Å². The number of esters is 1. The number of aromatic hydroxyl groups is 1. The molecule has 0 aliphatic heterocycles. The second-order valence-corrected chi connectivity index (χ2v) is 5.74. The van der Waals surface area contributed by atoms with Crippen molar-refractivity contribution in [3.8, 4) is 5.75 Å². The molecule has 2 aromatic rings. The van der Waals surface area contributed by atoms with Crippen LogP contribution in [0.5, 0.6) is 5.75 Å². The van der Waals surface area contributed by atoms with Crippen LogP contribution in [0.25, 0.3) is 0 Å². The van der Waals surface area contributed by atoms with Gasteiger partial charge in [-0.25, -0.2) is 0 Å². The molecule has 1 atom stereocenters. The van der Waals surface area contributed by atoms with Crippen LogP contribution in [0.4, 0.5) is 0 Å². The molecular formula is C18H18ClNO4. The average molecular weight is 348 g/mol. The van der Waals surface area contributed by atoms with Crippen LogP contribution in [-0.4, -0.2) is 24.1 Å². The van der Waals surface area contributed by atoms with E-state index in [1.165, 1.54) is 19.2 Å². The molecule has 0 bridgehead atoms. The van der Waals surface area contributed by atoms with Gasteiger partial charge in [0.05, 0.1) is 26.0 Å². The van der Waals surface area contributed by atoms with Crippen molar-refractivity contribution in [3.63, 3.8) is 0 Å². The number of nitrogens with one attached hydrogen (secondary N) is 1. The van der Waals surface area contributed by atoms with Crippen LogP contribution < -0.4 is 5.32 Å². The van der Waals surface area contributed by atoms with Crippen molar-refractivity contribution in [1.82, 2.24) is 5.32 Å². The van der Waals surface area contributed by atoms with Gasteiger partial charge in [-0.3, -0.25) is 9.59 Å². The van der Waals surface area contributed by atoms with E-state index in [2.05, 4.69) is 5.32 Å². The predicted molar refractivity (Wildman–Crippen MR) is 90.8 cm³/mol. The number of halogens is 1. The van der Waals surface area contributed by atoms with Crippen molar-refractivity contribution in [2.75, 3.05) is 7.11 Å². The maximum Gasteiger partial charge on any atom is 0.307 e. The standard InChI is InChI=1S/C18H18ClNO4/c1-24-18(23)11-16(13-5-7-14(19)8-6-13)20-17(22)10-12-3-2-4-15(21)9-12/h2-9,16,21H,10-11H2,1H3,(H,20,22). The summed E-state index contributed by atoms with van der Waals surface area (Å²) in [6, 6.07) is 12.9. The fraction of sp³-hybridized carbons (Fsp3) is 0.222. The smallest absolute Gasteiger partial charge is 0.307 e. The minimum Gasteiger partial charge on any atom is -0.508 e. The number of hydrogen-bond acceptors (Lipinski definition) is 4. The summed E-state index contributed by atoms with van der Waals surface area (Å²) in [6.45, 7) is 0. The van der Waals surface area contributed by atoms with E-state index in [0.29, 0.717) is 10.6 Å². The Balaban J connectivity index is 2.10. The predicted octanol–water partition coefficient (Wildman–Crippen LogP) is 3.01. The zero-order valence-corrected chi connectivity index (χ0v) is 13.9. The highest BCUT2D eigenvalue weighted by molar-refractivity contribution is 6.30. The molecule has 126 valence electrons. The summed E-state index contributed by atoms with van der Waals surface area (Å²) in [5.74, 6) is -0.582. The van der Waals surface area contributed by atoms with Crippen LogP contribution in [0.15, 0.2) is 48.5 Å². The molecule has 2 aromatic carbocycles. The number of amides is 1. The number of carbonyl (C=O) groups is 2. The van der Waals surface area contributed by atoms with E-state index in [-0.39, 0.29) is 24.5 Å². The van der Waals surface area contributed by atoms with Crippen molar-refractivity contribution in [2.45, 2.75) is 18.9 Å². The van der Waals surface area contributed by atoms with Crippen molar-refractivity contribution < 1.29 is 19.4 Å². The summed E-state index contributed by atoms with van der Waals surface area (Å²) >= 11 is 5.87. The molecule has 6 heteroatoms. The number of phenols is 1. The van der Waals surface area contributed by atoms with Gasteiger partial charge in [0.25, 0.3) is 0 Å². The van der Waals surface area contributed by atoms with Crippen molar-refractivity contribution >= 4 is 23.5 Å². The minimum atomic E-state index is -0.514. The fourth-order valence-corrected chi connectivity index (χ4v) is 2.42. The molecule has 0 aliphatic carbocycles. The van der Waals surface area contributed by atoms with Crippen LogP contribution in [-0.2, 0) is 20.7 Å². The van der Waals surface area contributed by atoms with Crippen molar-refractivity contribution in [2.24, 2.45) is 0 Å². The first-order valence-corrected chi connectivity index (χ1v) is 7.75. The van der Waals surface area contributed by atoms with Gasteiger partial charge in [0.2, 0.25) is 5.91 Å². The molecule has 0 aliphatic rings. The Morgan fingerprint density at radius 3 is 2.54 bits per heavy atom. The maximum atomic E-state index is 12.3. The topological polar surface area (TPSA) is 75.6 Å². The molecule has 1 unspecified atom stereocenters. The van der Waals surface area contributed by atoms with E-state index < -0.39 is 12.0 Å². The third-order valence-electron chi connectivity index (χ3n) is 3.48. The molecule has 0 aromatic heterocycles. The SMILES string of the molecule is COC(=O)CC(NC(=O)Cc1cccc(O)c1)c1ccc(Cl)cc1. The molecule has 2 N–H and O–H groups in total. The van der Waals surface area contributed by atoms with Crippen molar-refractivity contribution in [3.05, 3.63) is 64.7 Å². The average Bonchev–Trinajstić information content (AvgIpc) is 2.54. The number of rotatable bonds is 6. The quantitative estimate of drug-likeness (QED) is 0.788. The highest BCUT2D eigenvalue weighted by Gasteiger charge is 2.19. The summed E-state index contributed by atoms with van der Waals surface area (Å²) in [5, 5.41) is 12.8. The molecule has 1 amide bonds. The van der Waals surface area contributed by atoms with Crippen LogP contribution >= 0.6 is 11.6 Å². The lowest BCUT2D eigenvalue weighted by molar-refractivity contribution is -0.141. The fourth-order valence-electron chi connectivity index (χ4n) is 2.29. The number of hydrogen-bond donors (Lipinski definition) is 2. The van der Waals surface area contributed by atoms with Crippen LogP contribution in [0.3, 0.4) is 0 Å². The Morgan fingerprint density at radius 2 is 1.92 bits per heavy atom. The lowest BCUT2D eigenvalue weighted by Crippen LogP contribution is -2.31. The zero-order chi connectivity index (χ0) is 17.5. The summed E-state index contributed by atoms with van der Waals surface area (Å²) in [6.07, 6.45) is 0.115. The van der Waals surface area contributed by atoms with E-state index in [1.807, 2.05) is 0 Å². The Kier molecular flexibility index (Phi) is 6.21. The largest absolute Gasteiger partial charge is 0.508 e. The molecule has 2 rings (SSSR count). The van der Waals surface area contributed by atoms with Gasteiger partial charge in [-0.1, -0.05) is 35.9 Å². The Morgan fingerprint density at radius 1 is 1.21 bits per heavy atom. The third-order valence-corrected chi connectivity index (χ3v) is 3.73. The van der Waals surface area contributed by atoms with E-state index in [9.17, 15) is 14.7 Å². The first-order valence-electron chi connectivity index (χ1n) is 7.37. The first-order chi connectivity index (χ1) is 11.5. The minimum absolute atomic E-state index is 0.0178. The Hall–Kier alpha value is -2.53. The normalized spacial score (nSPS) is 11.6. The number of phenolic OH excluding ortho intramolecular Hbond substituents is 1. The lowest BCUT2D eigenvalue weighted by Gasteiger charge is -2.18. The maximum absolute atomic E-state index is 12.3. The van der Waals surface area contributed by atoms with E-state index >= 15 is 0 Å². The summed E-state index contributed by atoms with van der Waals surface area (Å²) < 4.78 is 4.69. The van der Waals surface area contributed by atoms with Gasteiger partial charge in [-0.05, 0) is 35.4 Å². The molecule has 0 saturated carbocycles. The number of ether oxygens (including phenoxy) is 1. The third kappa shape index (κ3) is 5.28. The van der Waals surface area contributed by atoms with Gasteiger partial charge >= 0.3 is 5.97 Å². The molecule has 0 fully saturated rings. The van der Waals surface area contributed by atoms with Gasteiger partial charge in [0.1, 0.15) is 5.75 Å².